The Hall–Kier alpha value is -1.80. The van der Waals surface area contributed by atoms with Gasteiger partial charge in [0.1, 0.15) is 0 Å². The van der Waals surface area contributed by atoms with Crippen molar-refractivity contribution in [3.63, 3.8) is 0 Å². The lowest BCUT2D eigenvalue weighted by Gasteiger charge is -2.09. The molecule has 0 bridgehead atoms. The normalized spacial score (nSPS) is 11.1. The van der Waals surface area contributed by atoms with E-state index in [4.69, 9.17) is 16.0 Å². The first kappa shape index (κ1) is 13.3. The van der Waals surface area contributed by atoms with E-state index in [0.29, 0.717) is 5.69 Å². The summed E-state index contributed by atoms with van der Waals surface area (Å²) in [4.78, 5) is 10.9. The number of hydrogen-bond acceptors (Lipinski definition) is 5. The highest BCUT2D eigenvalue weighted by molar-refractivity contribution is 7.89. The molecular weight excluding hydrogens is 246 g/mol. The maximum atomic E-state index is 10.9. The molecule has 0 unspecified atom stereocenters. The molecule has 1 aromatic rings. The van der Waals surface area contributed by atoms with Crippen LogP contribution in [0.2, 0.25) is 0 Å². The number of nitrogen functional groups attached to an aromatic ring is 1. The Balaban J connectivity index is 2.82. The minimum atomic E-state index is -3.58. The minimum Gasteiger partial charge on any atom is -0.478 e. The summed E-state index contributed by atoms with van der Waals surface area (Å²) >= 11 is 0. The third kappa shape index (κ3) is 4.29. The van der Waals surface area contributed by atoms with Crippen LogP contribution >= 0.6 is 0 Å². The molecule has 7 nitrogen and oxygen atoms in total. The molecule has 0 fully saturated rings. The molecule has 0 saturated carbocycles. The molecule has 0 heterocycles. The second-order valence-corrected chi connectivity index (χ2v) is 5.14. The number of aromatic carboxylic acids is 1. The predicted molar refractivity (Wildman–Crippen MR) is 64.3 cm³/mol. The average molecular weight is 259 g/mol. The van der Waals surface area contributed by atoms with Gasteiger partial charge in [0.25, 0.3) is 0 Å². The van der Waals surface area contributed by atoms with Crippen molar-refractivity contribution in [2.45, 2.75) is 0 Å². The van der Waals surface area contributed by atoms with Crippen molar-refractivity contribution < 1.29 is 18.3 Å². The molecule has 0 spiro atoms. The summed E-state index contributed by atoms with van der Waals surface area (Å²) in [6.07, 6.45) is 0. The highest BCUT2D eigenvalue weighted by Crippen LogP contribution is 2.18. The van der Waals surface area contributed by atoms with Crippen LogP contribution in [0, 0.1) is 0 Å². The van der Waals surface area contributed by atoms with E-state index in [2.05, 4.69) is 5.32 Å². The Kier molecular flexibility index (Phi) is 3.92. The van der Waals surface area contributed by atoms with Crippen molar-refractivity contribution in [1.82, 2.24) is 0 Å². The second kappa shape index (κ2) is 5.02. The van der Waals surface area contributed by atoms with E-state index in [1.807, 2.05) is 0 Å². The van der Waals surface area contributed by atoms with Crippen LogP contribution in [0.1, 0.15) is 10.4 Å². The standard InChI is InChI=1S/C9H13N3O4S/c10-6-1-2-7(9(13)14)8(5-6)12-3-4-17(11,15)16/h1-2,5,12H,3-4,10H2,(H,13,14)(H2,11,15,16). The molecule has 1 aromatic carbocycles. The summed E-state index contributed by atoms with van der Waals surface area (Å²) in [5, 5.41) is 16.4. The lowest BCUT2D eigenvalue weighted by atomic mass is 10.1. The third-order valence-corrected chi connectivity index (χ3v) is 2.75. The molecule has 0 amide bonds. The zero-order chi connectivity index (χ0) is 13.1. The fourth-order valence-corrected chi connectivity index (χ4v) is 1.61. The van der Waals surface area contributed by atoms with Gasteiger partial charge in [-0.25, -0.2) is 18.4 Å². The molecule has 0 aliphatic carbocycles. The number of hydrogen-bond donors (Lipinski definition) is 4. The number of carboxylic acids is 1. The first-order valence-corrected chi connectivity index (χ1v) is 6.38. The van der Waals surface area contributed by atoms with E-state index in [1.165, 1.54) is 18.2 Å². The van der Waals surface area contributed by atoms with Gasteiger partial charge in [0.15, 0.2) is 0 Å². The number of nitrogens with one attached hydrogen (secondary N) is 1. The van der Waals surface area contributed by atoms with Crippen LogP contribution in [0.3, 0.4) is 0 Å². The Labute approximate surface area is 98.5 Å². The van der Waals surface area contributed by atoms with Crippen LogP contribution in [0.25, 0.3) is 0 Å². The second-order valence-electron chi connectivity index (χ2n) is 3.40. The molecule has 17 heavy (non-hydrogen) atoms. The molecule has 0 atom stereocenters. The van der Waals surface area contributed by atoms with Gasteiger partial charge in [-0.15, -0.1) is 0 Å². The monoisotopic (exact) mass is 259 g/mol. The quantitative estimate of drug-likeness (QED) is 0.534. The number of benzene rings is 1. The van der Waals surface area contributed by atoms with Gasteiger partial charge in [-0.2, -0.15) is 0 Å². The van der Waals surface area contributed by atoms with Gasteiger partial charge in [0.05, 0.1) is 17.0 Å². The van der Waals surface area contributed by atoms with Gasteiger partial charge in [0.2, 0.25) is 10.0 Å². The van der Waals surface area contributed by atoms with Crippen LogP contribution < -0.4 is 16.2 Å². The number of carbonyl (C=O) groups is 1. The van der Waals surface area contributed by atoms with E-state index in [1.54, 1.807) is 0 Å². The van der Waals surface area contributed by atoms with E-state index in [0.717, 1.165) is 0 Å². The lowest BCUT2D eigenvalue weighted by molar-refractivity contribution is 0.0698. The van der Waals surface area contributed by atoms with Gasteiger partial charge >= 0.3 is 5.97 Å². The maximum Gasteiger partial charge on any atom is 0.337 e. The molecule has 1 rings (SSSR count). The van der Waals surface area contributed by atoms with Crippen LogP contribution in [0.4, 0.5) is 11.4 Å². The van der Waals surface area contributed by atoms with Gasteiger partial charge in [-0.1, -0.05) is 0 Å². The summed E-state index contributed by atoms with van der Waals surface area (Å²) in [5.74, 6) is -1.41. The van der Waals surface area contributed by atoms with Crippen LogP contribution in [0.15, 0.2) is 18.2 Å². The molecular formula is C9H13N3O4S. The first-order valence-electron chi connectivity index (χ1n) is 4.67. The van der Waals surface area contributed by atoms with Crippen LogP contribution in [-0.2, 0) is 10.0 Å². The fourth-order valence-electron chi connectivity index (χ4n) is 1.22. The molecule has 0 aliphatic rings. The Morgan fingerprint density at radius 2 is 2.06 bits per heavy atom. The van der Waals surface area contributed by atoms with Gasteiger partial charge in [-0.05, 0) is 18.2 Å². The third-order valence-electron chi connectivity index (χ3n) is 1.98. The Morgan fingerprint density at radius 1 is 1.41 bits per heavy atom. The SMILES string of the molecule is Nc1ccc(C(=O)O)c(NCCS(N)(=O)=O)c1. The summed E-state index contributed by atoms with van der Waals surface area (Å²) in [6, 6.07) is 4.22. The average Bonchev–Trinajstić information content (AvgIpc) is 2.15. The zero-order valence-electron chi connectivity index (χ0n) is 8.88. The smallest absolute Gasteiger partial charge is 0.337 e. The van der Waals surface area contributed by atoms with Crippen molar-refractivity contribution in [2.75, 3.05) is 23.3 Å². The molecule has 94 valence electrons. The van der Waals surface area contributed by atoms with Crippen LogP contribution in [0.5, 0.6) is 0 Å². The number of sulfonamides is 1. The molecule has 8 heteroatoms. The predicted octanol–water partition coefficient (Wildman–Crippen LogP) is -0.333. The number of carboxylic acid groups (broad SMARTS) is 1. The van der Waals surface area contributed by atoms with E-state index >= 15 is 0 Å². The largest absolute Gasteiger partial charge is 0.478 e. The Bertz CT molecular complexity index is 527. The minimum absolute atomic E-state index is 0.0164. The zero-order valence-corrected chi connectivity index (χ0v) is 9.70. The molecule has 0 aliphatic heterocycles. The number of primary sulfonamides is 1. The summed E-state index contributed by atoms with van der Waals surface area (Å²) in [7, 11) is -3.58. The highest BCUT2D eigenvalue weighted by Gasteiger charge is 2.10. The van der Waals surface area contributed by atoms with Crippen molar-refractivity contribution in [1.29, 1.82) is 0 Å². The lowest BCUT2D eigenvalue weighted by Crippen LogP contribution is -2.23. The van der Waals surface area contributed by atoms with Gasteiger partial charge in [0, 0.05) is 12.2 Å². The number of anilines is 2. The number of nitrogens with two attached hydrogens (primary N) is 2. The Morgan fingerprint density at radius 3 is 2.59 bits per heavy atom. The van der Waals surface area contributed by atoms with E-state index < -0.39 is 16.0 Å². The van der Waals surface area contributed by atoms with Crippen molar-refractivity contribution >= 4 is 27.4 Å². The molecule has 0 aromatic heterocycles. The van der Waals surface area contributed by atoms with Crippen molar-refractivity contribution in [3.05, 3.63) is 23.8 Å². The first-order chi connectivity index (χ1) is 7.79. The summed E-state index contributed by atoms with van der Waals surface area (Å²) in [5.41, 5.74) is 6.18. The van der Waals surface area contributed by atoms with E-state index in [-0.39, 0.29) is 23.5 Å². The highest BCUT2D eigenvalue weighted by atomic mass is 32.2. The topological polar surface area (TPSA) is 136 Å². The number of rotatable bonds is 5. The van der Waals surface area contributed by atoms with Gasteiger partial charge < -0.3 is 16.2 Å². The van der Waals surface area contributed by atoms with Crippen LogP contribution in [-0.4, -0.2) is 31.8 Å². The molecule has 0 radical (unpaired) electrons. The van der Waals surface area contributed by atoms with E-state index in [9.17, 15) is 13.2 Å². The van der Waals surface area contributed by atoms with Gasteiger partial charge in [-0.3, -0.25) is 0 Å². The maximum absolute atomic E-state index is 10.9. The summed E-state index contributed by atoms with van der Waals surface area (Å²) in [6.45, 7) is 0.0164. The summed E-state index contributed by atoms with van der Waals surface area (Å²) < 4.78 is 21.4. The fraction of sp³-hybridized carbons (Fsp3) is 0.222. The molecule has 0 saturated heterocycles. The van der Waals surface area contributed by atoms with Crippen molar-refractivity contribution in [2.24, 2.45) is 5.14 Å². The van der Waals surface area contributed by atoms with Crippen molar-refractivity contribution in [3.8, 4) is 0 Å². The molecule has 6 N–H and O–H groups in total.